The topological polar surface area (TPSA) is 21.3 Å². The Morgan fingerprint density at radius 2 is 2.16 bits per heavy atom. The van der Waals surface area contributed by atoms with Gasteiger partial charge in [-0.15, -0.1) is 11.8 Å². The fourth-order valence-electron chi connectivity index (χ4n) is 1.78. The Morgan fingerprint density at radius 3 is 2.84 bits per heavy atom. The summed E-state index contributed by atoms with van der Waals surface area (Å²) in [4.78, 5) is 0. The molecule has 0 unspecified atom stereocenters. The minimum absolute atomic E-state index is 0.540. The highest BCUT2D eigenvalue weighted by Crippen LogP contribution is 2.33. The Balaban J connectivity index is 2.05. The normalized spacial score (nSPS) is 13.8. The molecule has 1 fully saturated rings. The van der Waals surface area contributed by atoms with Gasteiger partial charge in [0.2, 0.25) is 0 Å². The van der Waals surface area contributed by atoms with Gasteiger partial charge in [0.15, 0.2) is 0 Å². The molecule has 0 aromatic heterocycles. The van der Waals surface area contributed by atoms with Gasteiger partial charge in [-0.25, -0.2) is 0 Å². The molecule has 19 heavy (non-hydrogen) atoms. The van der Waals surface area contributed by atoms with Crippen LogP contribution in [0.15, 0.2) is 12.1 Å². The van der Waals surface area contributed by atoms with E-state index in [1.165, 1.54) is 12.8 Å². The van der Waals surface area contributed by atoms with E-state index < -0.39 is 0 Å². The van der Waals surface area contributed by atoms with Crippen molar-refractivity contribution in [2.45, 2.75) is 38.8 Å². The molecule has 0 bridgehead atoms. The first-order valence-corrected chi connectivity index (χ1v) is 7.20. The Bertz CT molecular complexity index is 501. The first kappa shape index (κ1) is 14.5. The van der Waals surface area contributed by atoms with Crippen molar-refractivity contribution < 1.29 is 4.74 Å². The third kappa shape index (κ3) is 4.62. The molecular formula is C15H17Cl2NO. The number of hydrogen-bond acceptors (Lipinski definition) is 2. The van der Waals surface area contributed by atoms with Gasteiger partial charge in [0.1, 0.15) is 5.75 Å². The number of benzene rings is 1. The molecule has 0 radical (unpaired) electrons. The first-order chi connectivity index (χ1) is 9.20. The van der Waals surface area contributed by atoms with E-state index in [1.807, 2.05) is 13.0 Å². The molecule has 0 atom stereocenters. The molecule has 102 valence electrons. The Labute approximate surface area is 124 Å². The summed E-state index contributed by atoms with van der Waals surface area (Å²) in [6, 6.07) is 4.25. The third-order valence-corrected chi connectivity index (χ3v) is 3.39. The van der Waals surface area contributed by atoms with E-state index in [0.717, 1.165) is 17.9 Å². The van der Waals surface area contributed by atoms with Crippen LogP contribution in [0.3, 0.4) is 0 Å². The molecule has 1 aromatic carbocycles. The number of nitrogens with one attached hydrogen (secondary N) is 1. The molecular weight excluding hydrogens is 281 g/mol. The van der Waals surface area contributed by atoms with Gasteiger partial charge in [0.05, 0.1) is 11.6 Å². The zero-order valence-corrected chi connectivity index (χ0v) is 12.4. The monoisotopic (exact) mass is 297 g/mol. The van der Waals surface area contributed by atoms with Gasteiger partial charge in [-0.1, -0.05) is 23.2 Å². The molecule has 2 nitrogen and oxygen atoms in total. The molecule has 1 aromatic rings. The van der Waals surface area contributed by atoms with E-state index in [1.54, 1.807) is 6.07 Å². The molecule has 0 aliphatic heterocycles. The lowest BCUT2D eigenvalue weighted by Crippen LogP contribution is -2.16. The molecule has 1 N–H and O–H groups in total. The number of halogens is 2. The zero-order chi connectivity index (χ0) is 13.7. The summed E-state index contributed by atoms with van der Waals surface area (Å²) in [5.74, 6) is 6.53. The zero-order valence-electron chi connectivity index (χ0n) is 10.9. The van der Waals surface area contributed by atoms with Gasteiger partial charge >= 0.3 is 0 Å². The van der Waals surface area contributed by atoms with Crippen molar-refractivity contribution in [2.24, 2.45) is 0 Å². The third-order valence-electron chi connectivity index (χ3n) is 2.89. The van der Waals surface area contributed by atoms with E-state index in [-0.39, 0.29) is 0 Å². The summed E-state index contributed by atoms with van der Waals surface area (Å²) in [5, 5.41) is 4.64. The van der Waals surface area contributed by atoms with E-state index in [0.29, 0.717) is 29.1 Å². The van der Waals surface area contributed by atoms with Crippen LogP contribution in [0.5, 0.6) is 5.75 Å². The minimum atomic E-state index is 0.540. The molecule has 1 aliphatic carbocycles. The molecule has 0 amide bonds. The van der Waals surface area contributed by atoms with Gasteiger partial charge in [-0.3, -0.25) is 0 Å². The van der Waals surface area contributed by atoms with Crippen LogP contribution < -0.4 is 10.1 Å². The van der Waals surface area contributed by atoms with Crippen LogP contribution in [0, 0.1) is 11.8 Å². The van der Waals surface area contributed by atoms with Crippen LogP contribution in [-0.2, 0) is 6.54 Å². The smallest absolute Gasteiger partial charge is 0.142 e. The fraction of sp³-hybridized carbons (Fsp3) is 0.467. The SMILES string of the molecule is CC#CCCOc1c(Cl)cc(Cl)cc1CNC1CC1. The van der Waals surface area contributed by atoms with Gasteiger partial charge < -0.3 is 10.1 Å². The standard InChI is InChI=1S/C15H17Cl2NO/c1-2-3-4-7-19-15-11(10-18-13-5-6-13)8-12(16)9-14(15)17/h8-9,13,18H,4-7,10H2,1H3. The van der Waals surface area contributed by atoms with Crippen molar-refractivity contribution in [1.82, 2.24) is 5.32 Å². The second-order valence-electron chi connectivity index (χ2n) is 4.56. The lowest BCUT2D eigenvalue weighted by Gasteiger charge is -2.13. The number of ether oxygens (including phenoxy) is 1. The quantitative estimate of drug-likeness (QED) is 0.632. The average Bonchev–Trinajstić information content (AvgIpc) is 3.18. The van der Waals surface area contributed by atoms with Crippen LogP contribution in [0.4, 0.5) is 0 Å². The maximum Gasteiger partial charge on any atom is 0.142 e. The summed E-state index contributed by atoms with van der Waals surface area (Å²) >= 11 is 12.3. The van der Waals surface area contributed by atoms with Crippen LogP contribution in [0.25, 0.3) is 0 Å². The van der Waals surface area contributed by atoms with Crippen molar-refractivity contribution in [2.75, 3.05) is 6.61 Å². The lowest BCUT2D eigenvalue weighted by molar-refractivity contribution is 0.323. The molecule has 0 heterocycles. The van der Waals surface area contributed by atoms with Gasteiger partial charge in [0.25, 0.3) is 0 Å². The van der Waals surface area contributed by atoms with E-state index in [9.17, 15) is 0 Å². The Hall–Kier alpha value is -0.880. The molecule has 1 aliphatic rings. The number of rotatable bonds is 6. The first-order valence-electron chi connectivity index (χ1n) is 6.44. The van der Waals surface area contributed by atoms with E-state index in [2.05, 4.69) is 17.2 Å². The van der Waals surface area contributed by atoms with Crippen LogP contribution in [0.2, 0.25) is 10.0 Å². The van der Waals surface area contributed by atoms with Crippen LogP contribution in [0.1, 0.15) is 31.7 Å². The largest absolute Gasteiger partial charge is 0.491 e. The van der Waals surface area contributed by atoms with Crippen LogP contribution in [-0.4, -0.2) is 12.6 Å². The summed E-state index contributed by atoms with van der Waals surface area (Å²) < 4.78 is 5.74. The molecule has 4 heteroatoms. The van der Waals surface area contributed by atoms with E-state index >= 15 is 0 Å². The Morgan fingerprint density at radius 1 is 1.37 bits per heavy atom. The van der Waals surface area contributed by atoms with Crippen molar-refractivity contribution in [3.63, 3.8) is 0 Å². The van der Waals surface area contributed by atoms with Gasteiger partial charge in [0, 0.05) is 29.6 Å². The van der Waals surface area contributed by atoms with Gasteiger partial charge in [-0.2, -0.15) is 0 Å². The second kappa shape index (κ2) is 7.05. The van der Waals surface area contributed by atoms with Crippen molar-refractivity contribution in [3.05, 3.63) is 27.7 Å². The summed E-state index contributed by atoms with van der Waals surface area (Å²) in [6.45, 7) is 3.10. The Kier molecular flexibility index (Phi) is 5.39. The predicted octanol–water partition coefficient (Wildman–Crippen LogP) is 4.04. The molecule has 2 rings (SSSR count). The number of hydrogen-bond donors (Lipinski definition) is 1. The second-order valence-corrected chi connectivity index (χ2v) is 5.40. The maximum atomic E-state index is 6.21. The fourth-order valence-corrected chi connectivity index (χ4v) is 2.37. The highest BCUT2D eigenvalue weighted by atomic mass is 35.5. The van der Waals surface area contributed by atoms with Crippen molar-refractivity contribution in [3.8, 4) is 17.6 Å². The van der Waals surface area contributed by atoms with Crippen molar-refractivity contribution in [1.29, 1.82) is 0 Å². The summed E-state index contributed by atoms with van der Waals surface area (Å²) in [7, 11) is 0. The van der Waals surface area contributed by atoms with Crippen molar-refractivity contribution >= 4 is 23.2 Å². The predicted molar refractivity (Wildman–Crippen MR) is 79.9 cm³/mol. The van der Waals surface area contributed by atoms with Gasteiger partial charge in [-0.05, 0) is 31.9 Å². The molecule has 0 spiro atoms. The highest BCUT2D eigenvalue weighted by Gasteiger charge is 2.21. The van der Waals surface area contributed by atoms with Crippen LogP contribution >= 0.6 is 23.2 Å². The lowest BCUT2D eigenvalue weighted by atomic mass is 10.2. The minimum Gasteiger partial charge on any atom is -0.491 e. The molecule has 1 saturated carbocycles. The highest BCUT2D eigenvalue weighted by molar-refractivity contribution is 6.35. The van der Waals surface area contributed by atoms with E-state index in [4.69, 9.17) is 27.9 Å². The molecule has 0 saturated heterocycles. The average molecular weight is 298 g/mol. The summed E-state index contributed by atoms with van der Waals surface area (Å²) in [6.07, 6.45) is 3.19. The summed E-state index contributed by atoms with van der Waals surface area (Å²) in [5.41, 5.74) is 1.01. The maximum absolute atomic E-state index is 6.21.